The molecule has 0 spiro atoms. The van der Waals surface area contributed by atoms with Gasteiger partial charge in [0.15, 0.2) is 0 Å². The second-order valence-corrected chi connectivity index (χ2v) is 3.91. The van der Waals surface area contributed by atoms with Crippen molar-refractivity contribution in [2.24, 2.45) is 0 Å². The van der Waals surface area contributed by atoms with Gasteiger partial charge >= 0.3 is 0 Å². The standard InChI is InChI=1S/C12H16FN/c1-2-14-8-9-3-6-12(13)11(7-9)10-4-5-10/h3,6-7,10,14H,2,4-5,8H2,1H3. The van der Waals surface area contributed by atoms with Crippen LogP contribution in [0, 0.1) is 5.82 Å². The predicted octanol–water partition coefficient (Wildman–Crippen LogP) is 2.81. The molecule has 1 aromatic carbocycles. The van der Waals surface area contributed by atoms with E-state index in [9.17, 15) is 4.39 Å². The van der Waals surface area contributed by atoms with Crippen LogP contribution in [0.3, 0.4) is 0 Å². The molecule has 2 rings (SSSR count). The number of rotatable bonds is 4. The molecule has 0 radical (unpaired) electrons. The average Bonchev–Trinajstić information content (AvgIpc) is 3.00. The summed E-state index contributed by atoms with van der Waals surface area (Å²) < 4.78 is 13.4. The van der Waals surface area contributed by atoms with E-state index < -0.39 is 0 Å². The first-order valence-electron chi connectivity index (χ1n) is 5.30. The van der Waals surface area contributed by atoms with Gasteiger partial charge in [0.05, 0.1) is 0 Å². The van der Waals surface area contributed by atoms with Gasteiger partial charge < -0.3 is 5.32 Å². The first-order chi connectivity index (χ1) is 6.81. The van der Waals surface area contributed by atoms with E-state index in [1.165, 1.54) is 5.56 Å². The Morgan fingerprint density at radius 3 is 2.86 bits per heavy atom. The molecule has 0 atom stereocenters. The van der Waals surface area contributed by atoms with Gasteiger partial charge in [-0.3, -0.25) is 0 Å². The van der Waals surface area contributed by atoms with E-state index in [0.29, 0.717) is 5.92 Å². The smallest absolute Gasteiger partial charge is 0.126 e. The molecule has 0 bridgehead atoms. The largest absolute Gasteiger partial charge is 0.313 e. The lowest BCUT2D eigenvalue weighted by atomic mass is 10.1. The van der Waals surface area contributed by atoms with Crippen LogP contribution in [0.2, 0.25) is 0 Å². The van der Waals surface area contributed by atoms with Gasteiger partial charge in [0, 0.05) is 6.54 Å². The van der Waals surface area contributed by atoms with Crippen molar-refractivity contribution in [3.8, 4) is 0 Å². The summed E-state index contributed by atoms with van der Waals surface area (Å²) in [6, 6.07) is 5.47. The highest BCUT2D eigenvalue weighted by molar-refractivity contribution is 5.30. The van der Waals surface area contributed by atoms with Crippen molar-refractivity contribution in [2.75, 3.05) is 6.54 Å². The normalized spacial score (nSPS) is 15.9. The van der Waals surface area contributed by atoms with Gasteiger partial charge in [-0.2, -0.15) is 0 Å². The zero-order valence-corrected chi connectivity index (χ0v) is 8.52. The molecule has 0 saturated heterocycles. The predicted molar refractivity (Wildman–Crippen MR) is 55.8 cm³/mol. The zero-order chi connectivity index (χ0) is 9.97. The SMILES string of the molecule is CCNCc1ccc(F)c(C2CC2)c1. The minimum Gasteiger partial charge on any atom is -0.313 e. The number of nitrogens with one attached hydrogen (secondary N) is 1. The molecule has 1 N–H and O–H groups in total. The number of benzene rings is 1. The third kappa shape index (κ3) is 2.13. The van der Waals surface area contributed by atoms with Crippen molar-refractivity contribution < 1.29 is 4.39 Å². The molecule has 1 saturated carbocycles. The Hall–Kier alpha value is -0.890. The van der Waals surface area contributed by atoms with E-state index in [1.54, 1.807) is 6.07 Å². The Balaban J connectivity index is 2.13. The van der Waals surface area contributed by atoms with Crippen molar-refractivity contribution in [3.63, 3.8) is 0 Å². The Morgan fingerprint density at radius 2 is 2.21 bits per heavy atom. The van der Waals surface area contributed by atoms with E-state index in [-0.39, 0.29) is 5.82 Å². The minimum absolute atomic E-state index is 0.0345. The Morgan fingerprint density at radius 1 is 1.43 bits per heavy atom. The molecular weight excluding hydrogens is 177 g/mol. The van der Waals surface area contributed by atoms with E-state index in [0.717, 1.165) is 31.5 Å². The van der Waals surface area contributed by atoms with Crippen LogP contribution >= 0.6 is 0 Å². The topological polar surface area (TPSA) is 12.0 Å². The van der Waals surface area contributed by atoms with Crippen LogP contribution in [0.4, 0.5) is 4.39 Å². The van der Waals surface area contributed by atoms with E-state index >= 15 is 0 Å². The lowest BCUT2D eigenvalue weighted by Crippen LogP contribution is -2.11. The minimum atomic E-state index is -0.0345. The maximum absolute atomic E-state index is 13.4. The van der Waals surface area contributed by atoms with Crippen molar-refractivity contribution >= 4 is 0 Å². The van der Waals surface area contributed by atoms with Crippen LogP contribution < -0.4 is 5.32 Å². The fourth-order valence-electron chi connectivity index (χ4n) is 1.68. The second kappa shape index (κ2) is 4.09. The van der Waals surface area contributed by atoms with E-state index in [1.807, 2.05) is 12.1 Å². The highest BCUT2D eigenvalue weighted by atomic mass is 19.1. The molecule has 1 fully saturated rings. The van der Waals surface area contributed by atoms with Crippen molar-refractivity contribution in [2.45, 2.75) is 32.2 Å². The molecule has 0 unspecified atom stereocenters. The average molecular weight is 193 g/mol. The van der Waals surface area contributed by atoms with Gasteiger partial charge in [-0.25, -0.2) is 4.39 Å². The molecule has 14 heavy (non-hydrogen) atoms. The Labute approximate surface area is 84.3 Å². The first kappa shape index (κ1) is 9.66. The summed E-state index contributed by atoms with van der Waals surface area (Å²) in [5, 5.41) is 3.25. The molecule has 0 heterocycles. The molecule has 0 aliphatic heterocycles. The van der Waals surface area contributed by atoms with Gasteiger partial charge in [0.2, 0.25) is 0 Å². The van der Waals surface area contributed by atoms with Crippen LogP contribution in [0.15, 0.2) is 18.2 Å². The fraction of sp³-hybridized carbons (Fsp3) is 0.500. The van der Waals surface area contributed by atoms with E-state index in [2.05, 4.69) is 12.2 Å². The highest BCUT2D eigenvalue weighted by Crippen LogP contribution is 2.41. The maximum Gasteiger partial charge on any atom is 0.126 e. The molecule has 0 aromatic heterocycles. The van der Waals surface area contributed by atoms with Crippen LogP contribution in [0.25, 0.3) is 0 Å². The van der Waals surface area contributed by atoms with Crippen LogP contribution in [-0.2, 0) is 6.54 Å². The number of halogens is 1. The summed E-state index contributed by atoms with van der Waals surface area (Å²) in [7, 11) is 0. The molecular formula is C12H16FN. The fourth-order valence-corrected chi connectivity index (χ4v) is 1.68. The molecule has 76 valence electrons. The summed E-state index contributed by atoms with van der Waals surface area (Å²) in [5.41, 5.74) is 2.11. The molecule has 2 heteroatoms. The lowest BCUT2D eigenvalue weighted by Gasteiger charge is -2.06. The van der Waals surface area contributed by atoms with E-state index in [4.69, 9.17) is 0 Å². The summed E-state index contributed by atoms with van der Waals surface area (Å²) in [4.78, 5) is 0. The van der Waals surface area contributed by atoms with Gasteiger partial charge in [-0.1, -0.05) is 19.1 Å². The molecule has 1 nitrogen and oxygen atoms in total. The van der Waals surface area contributed by atoms with Gasteiger partial charge in [-0.05, 0) is 42.5 Å². The lowest BCUT2D eigenvalue weighted by molar-refractivity contribution is 0.608. The van der Waals surface area contributed by atoms with Crippen molar-refractivity contribution in [3.05, 3.63) is 35.1 Å². The monoisotopic (exact) mass is 193 g/mol. The third-order valence-corrected chi connectivity index (χ3v) is 2.66. The number of hydrogen-bond donors (Lipinski definition) is 1. The van der Waals surface area contributed by atoms with Gasteiger partial charge in [0.1, 0.15) is 5.82 Å². The van der Waals surface area contributed by atoms with Crippen LogP contribution in [-0.4, -0.2) is 6.54 Å². The van der Waals surface area contributed by atoms with Gasteiger partial charge in [0.25, 0.3) is 0 Å². The highest BCUT2D eigenvalue weighted by Gasteiger charge is 2.26. The maximum atomic E-state index is 13.4. The number of hydrogen-bond acceptors (Lipinski definition) is 1. The Kier molecular flexibility index (Phi) is 2.82. The Bertz CT molecular complexity index is 318. The quantitative estimate of drug-likeness (QED) is 0.775. The summed E-state index contributed by atoms with van der Waals surface area (Å²) in [5.74, 6) is 0.462. The summed E-state index contributed by atoms with van der Waals surface area (Å²) >= 11 is 0. The van der Waals surface area contributed by atoms with Crippen molar-refractivity contribution in [1.29, 1.82) is 0 Å². The molecule has 0 amide bonds. The van der Waals surface area contributed by atoms with Crippen molar-refractivity contribution in [1.82, 2.24) is 5.32 Å². The summed E-state index contributed by atoms with van der Waals surface area (Å²) in [6.45, 7) is 3.87. The first-order valence-corrected chi connectivity index (χ1v) is 5.30. The van der Waals surface area contributed by atoms with Crippen LogP contribution in [0.5, 0.6) is 0 Å². The third-order valence-electron chi connectivity index (χ3n) is 2.66. The molecule has 1 aromatic rings. The zero-order valence-electron chi connectivity index (χ0n) is 8.52. The molecule has 1 aliphatic rings. The summed E-state index contributed by atoms with van der Waals surface area (Å²) in [6.07, 6.45) is 2.31. The van der Waals surface area contributed by atoms with Crippen LogP contribution in [0.1, 0.15) is 36.8 Å². The molecule has 1 aliphatic carbocycles. The second-order valence-electron chi connectivity index (χ2n) is 3.91. The van der Waals surface area contributed by atoms with Gasteiger partial charge in [-0.15, -0.1) is 0 Å².